The summed E-state index contributed by atoms with van der Waals surface area (Å²) in [5.74, 6) is -0.446. The second kappa shape index (κ2) is 14.9. The van der Waals surface area contributed by atoms with Gasteiger partial charge in [-0.15, -0.1) is 0 Å². The highest BCUT2D eigenvalue weighted by atomic mass is 16.7. The Kier molecular flexibility index (Phi) is 11.1. The van der Waals surface area contributed by atoms with Crippen molar-refractivity contribution in [1.82, 2.24) is 10.2 Å². The molecule has 1 fully saturated rings. The summed E-state index contributed by atoms with van der Waals surface area (Å²) < 4.78 is 18.0. The first kappa shape index (κ1) is 31.2. The standard InChI is InChI=1S/C33H41N3O6/c1-5-40-30(38)19-34-33(39)35-28-17-15-27(16-18-28)32-41-29(20-36(4)23(3)25-9-7-6-8-10-25)22(2)31(42-32)26-13-11-24(21-37)12-14-26/h6-18,22-23,29,31-32,37H,5,19-21H2,1-4H3,(H2,34,35,39)/t22-,23-,29+,31+,32+/m0/s1. The number of carbonyl (C=O) groups excluding carboxylic acids is 2. The average Bonchev–Trinajstić information content (AvgIpc) is 3.01. The van der Waals surface area contributed by atoms with Crippen LogP contribution in [0.3, 0.4) is 0 Å². The Morgan fingerprint density at radius 3 is 2.29 bits per heavy atom. The summed E-state index contributed by atoms with van der Waals surface area (Å²) in [5, 5.41) is 14.7. The molecule has 1 aliphatic rings. The molecule has 1 heterocycles. The molecule has 42 heavy (non-hydrogen) atoms. The van der Waals surface area contributed by atoms with Crippen LogP contribution >= 0.6 is 0 Å². The van der Waals surface area contributed by atoms with Crippen LogP contribution in [-0.2, 0) is 25.6 Å². The van der Waals surface area contributed by atoms with E-state index in [-0.39, 0.29) is 43.9 Å². The van der Waals surface area contributed by atoms with Crippen molar-refractivity contribution in [3.8, 4) is 0 Å². The third kappa shape index (κ3) is 8.17. The van der Waals surface area contributed by atoms with Crippen LogP contribution in [0.25, 0.3) is 0 Å². The number of benzene rings is 3. The molecule has 3 aromatic carbocycles. The lowest BCUT2D eigenvalue weighted by molar-refractivity contribution is -0.276. The molecule has 0 unspecified atom stereocenters. The lowest BCUT2D eigenvalue weighted by Gasteiger charge is -2.43. The number of esters is 1. The number of aliphatic hydroxyl groups excluding tert-OH is 1. The molecule has 0 aromatic heterocycles. The van der Waals surface area contributed by atoms with E-state index in [1.54, 1.807) is 19.1 Å². The van der Waals surface area contributed by atoms with Crippen LogP contribution in [0.2, 0.25) is 0 Å². The van der Waals surface area contributed by atoms with E-state index in [4.69, 9.17) is 14.2 Å². The van der Waals surface area contributed by atoms with Gasteiger partial charge in [0.1, 0.15) is 6.54 Å². The third-order valence-electron chi connectivity index (χ3n) is 7.67. The molecule has 0 saturated carbocycles. The zero-order valence-corrected chi connectivity index (χ0v) is 24.7. The summed E-state index contributed by atoms with van der Waals surface area (Å²) in [6.07, 6.45) is -0.983. The lowest BCUT2D eigenvalue weighted by atomic mass is 9.89. The molecule has 0 aliphatic carbocycles. The Morgan fingerprint density at radius 2 is 1.64 bits per heavy atom. The number of carbonyl (C=O) groups is 2. The molecule has 224 valence electrons. The number of aliphatic hydroxyl groups is 1. The van der Waals surface area contributed by atoms with Gasteiger partial charge in [-0.1, -0.05) is 73.7 Å². The monoisotopic (exact) mass is 575 g/mol. The van der Waals surface area contributed by atoms with Gasteiger partial charge in [0.15, 0.2) is 6.29 Å². The number of amides is 2. The number of rotatable bonds is 11. The van der Waals surface area contributed by atoms with Crippen LogP contribution in [0.5, 0.6) is 0 Å². The molecule has 3 N–H and O–H groups in total. The number of anilines is 1. The number of urea groups is 1. The van der Waals surface area contributed by atoms with Gasteiger partial charge in [-0.25, -0.2) is 4.79 Å². The number of nitrogens with one attached hydrogen (secondary N) is 2. The van der Waals surface area contributed by atoms with Gasteiger partial charge >= 0.3 is 12.0 Å². The highest BCUT2D eigenvalue weighted by Gasteiger charge is 2.39. The fourth-order valence-corrected chi connectivity index (χ4v) is 5.02. The molecule has 0 radical (unpaired) electrons. The summed E-state index contributed by atoms with van der Waals surface area (Å²) in [7, 11) is 2.11. The maximum Gasteiger partial charge on any atom is 0.325 e. The average molecular weight is 576 g/mol. The van der Waals surface area contributed by atoms with E-state index in [1.807, 2.05) is 42.5 Å². The minimum Gasteiger partial charge on any atom is -0.465 e. The first-order chi connectivity index (χ1) is 20.3. The second-order valence-corrected chi connectivity index (χ2v) is 10.6. The first-order valence-electron chi connectivity index (χ1n) is 14.3. The van der Waals surface area contributed by atoms with E-state index in [1.165, 1.54) is 5.56 Å². The van der Waals surface area contributed by atoms with Gasteiger partial charge in [-0.3, -0.25) is 9.69 Å². The van der Waals surface area contributed by atoms with Crippen LogP contribution in [-0.4, -0.2) is 54.9 Å². The molecule has 1 saturated heterocycles. The van der Waals surface area contributed by atoms with Crippen LogP contribution in [0, 0.1) is 5.92 Å². The molecule has 9 heteroatoms. The molecular weight excluding hydrogens is 534 g/mol. The van der Waals surface area contributed by atoms with Crippen molar-refractivity contribution >= 4 is 17.7 Å². The summed E-state index contributed by atoms with van der Waals surface area (Å²) >= 11 is 0. The molecule has 0 bridgehead atoms. The van der Waals surface area contributed by atoms with Crippen molar-refractivity contribution < 1.29 is 28.9 Å². The molecule has 9 nitrogen and oxygen atoms in total. The van der Waals surface area contributed by atoms with Crippen LogP contribution in [0.15, 0.2) is 78.9 Å². The molecule has 0 spiro atoms. The van der Waals surface area contributed by atoms with E-state index in [0.29, 0.717) is 12.2 Å². The van der Waals surface area contributed by atoms with E-state index in [2.05, 4.69) is 60.7 Å². The summed E-state index contributed by atoms with van der Waals surface area (Å²) in [6.45, 7) is 6.78. The van der Waals surface area contributed by atoms with Crippen molar-refractivity contribution in [2.75, 3.05) is 32.1 Å². The maximum atomic E-state index is 12.2. The Hall–Kier alpha value is -3.76. The minimum absolute atomic E-state index is 0.0148. The Labute approximate surface area is 247 Å². The number of ether oxygens (including phenoxy) is 3. The van der Waals surface area contributed by atoms with Gasteiger partial charge < -0.3 is 30.0 Å². The minimum atomic E-state index is -0.624. The SMILES string of the molecule is CCOC(=O)CNC(=O)Nc1ccc([C@@H]2O[C@H](CN(C)[C@@H](C)c3ccccc3)[C@H](C)[C@H](c3ccc(CO)cc3)O2)cc1. The van der Waals surface area contributed by atoms with Crippen LogP contribution < -0.4 is 10.6 Å². The molecule has 4 rings (SSSR count). The fourth-order valence-electron chi connectivity index (χ4n) is 5.02. The topological polar surface area (TPSA) is 109 Å². The number of hydrogen-bond donors (Lipinski definition) is 3. The number of hydrogen-bond acceptors (Lipinski definition) is 7. The Morgan fingerprint density at radius 1 is 0.976 bits per heavy atom. The highest BCUT2D eigenvalue weighted by molar-refractivity contribution is 5.91. The van der Waals surface area contributed by atoms with E-state index in [9.17, 15) is 14.7 Å². The zero-order chi connectivity index (χ0) is 30.1. The summed E-state index contributed by atoms with van der Waals surface area (Å²) in [5.41, 5.74) is 4.49. The van der Waals surface area contributed by atoms with Crippen molar-refractivity contribution in [1.29, 1.82) is 0 Å². The lowest BCUT2D eigenvalue weighted by Crippen LogP contribution is -2.44. The fraction of sp³-hybridized carbons (Fsp3) is 0.394. The molecular formula is C33H41N3O6. The van der Waals surface area contributed by atoms with Gasteiger partial charge in [0.25, 0.3) is 0 Å². The number of nitrogens with zero attached hydrogens (tertiary/aromatic N) is 1. The van der Waals surface area contributed by atoms with Crippen LogP contribution in [0.4, 0.5) is 10.5 Å². The molecule has 1 aliphatic heterocycles. The predicted molar refractivity (Wildman–Crippen MR) is 161 cm³/mol. The Bertz CT molecular complexity index is 1290. The van der Waals surface area contributed by atoms with Gasteiger partial charge in [0.05, 0.1) is 25.4 Å². The molecule has 3 aromatic rings. The van der Waals surface area contributed by atoms with Crippen molar-refractivity contribution in [3.63, 3.8) is 0 Å². The second-order valence-electron chi connectivity index (χ2n) is 10.6. The third-order valence-corrected chi connectivity index (χ3v) is 7.67. The number of likely N-dealkylation sites (N-methyl/N-ethyl adjacent to an activating group) is 1. The van der Waals surface area contributed by atoms with Crippen LogP contribution in [0.1, 0.15) is 61.5 Å². The van der Waals surface area contributed by atoms with E-state index in [0.717, 1.165) is 16.7 Å². The summed E-state index contributed by atoms with van der Waals surface area (Å²) in [4.78, 5) is 26.0. The maximum absolute atomic E-state index is 12.2. The predicted octanol–water partition coefficient (Wildman–Crippen LogP) is 5.35. The zero-order valence-electron chi connectivity index (χ0n) is 24.7. The van der Waals surface area contributed by atoms with Crippen molar-refractivity contribution in [2.24, 2.45) is 5.92 Å². The molecule has 2 amide bonds. The van der Waals surface area contributed by atoms with Gasteiger partial charge in [0.2, 0.25) is 0 Å². The van der Waals surface area contributed by atoms with Crippen molar-refractivity contribution in [2.45, 2.75) is 51.9 Å². The Balaban J connectivity index is 1.49. The van der Waals surface area contributed by atoms with Gasteiger partial charge in [-0.05, 0) is 49.7 Å². The largest absolute Gasteiger partial charge is 0.465 e. The van der Waals surface area contributed by atoms with Gasteiger partial charge in [0, 0.05) is 29.8 Å². The van der Waals surface area contributed by atoms with Crippen molar-refractivity contribution in [3.05, 3.63) is 101 Å². The smallest absolute Gasteiger partial charge is 0.325 e. The van der Waals surface area contributed by atoms with E-state index < -0.39 is 18.3 Å². The quantitative estimate of drug-likeness (QED) is 0.265. The van der Waals surface area contributed by atoms with Gasteiger partial charge in [-0.2, -0.15) is 0 Å². The normalized spacial score (nSPS) is 21.0. The summed E-state index contributed by atoms with van der Waals surface area (Å²) in [6, 6.07) is 25.2. The van der Waals surface area contributed by atoms with E-state index >= 15 is 0 Å². The first-order valence-corrected chi connectivity index (χ1v) is 14.3. The highest BCUT2D eigenvalue weighted by Crippen LogP contribution is 2.42. The molecule has 5 atom stereocenters.